The lowest BCUT2D eigenvalue weighted by Crippen LogP contribution is -2.36. The van der Waals surface area contributed by atoms with Gasteiger partial charge >= 0.3 is 0 Å². The first-order chi connectivity index (χ1) is 11.1. The van der Waals surface area contributed by atoms with Crippen LogP contribution in [0.2, 0.25) is 5.02 Å². The molecule has 0 amide bonds. The zero-order chi connectivity index (χ0) is 16.3. The Hall–Kier alpha value is -1.29. The number of rotatable bonds is 4. The van der Waals surface area contributed by atoms with E-state index in [4.69, 9.17) is 21.1 Å². The Morgan fingerprint density at radius 2 is 2.04 bits per heavy atom. The molecule has 1 heterocycles. The highest BCUT2D eigenvalue weighted by atomic mass is 35.5. The van der Waals surface area contributed by atoms with Crippen LogP contribution < -0.4 is 5.32 Å². The molecule has 23 heavy (non-hydrogen) atoms. The third-order valence-electron chi connectivity index (χ3n) is 4.51. The average molecular weight is 334 g/mol. The molecule has 1 spiro atoms. The molecule has 1 N–H and O–H groups in total. The van der Waals surface area contributed by atoms with Crippen LogP contribution in [0.25, 0.3) is 5.70 Å². The van der Waals surface area contributed by atoms with Gasteiger partial charge < -0.3 is 14.8 Å². The van der Waals surface area contributed by atoms with Crippen molar-refractivity contribution in [3.05, 3.63) is 52.2 Å². The molecular weight excluding hydrogens is 310 g/mol. The van der Waals surface area contributed by atoms with Gasteiger partial charge in [-0.05, 0) is 25.8 Å². The van der Waals surface area contributed by atoms with Crippen molar-refractivity contribution in [1.29, 1.82) is 0 Å². The van der Waals surface area contributed by atoms with Crippen LogP contribution in [-0.4, -0.2) is 19.0 Å². The van der Waals surface area contributed by atoms with E-state index in [2.05, 4.69) is 25.2 Å². The minimum Gasteiger partial charge on any atom is -0.359 e. The molecule has 0 radical (unpaired) electrons. The number of allylic oxidation sites excluding steroid dienone is 2. The third-order valence-corrected chi connectivity index (χ3v) is 4.84. The van der Waals surface area contributed by atoms with E-state index in [-0.39, 0.29) is 0 Å². The second kappa shape index (κ2) is 7.08. The van der Waals surface area contributed by atoms with Crippen molar-refractivity contribution in [2.75, 3.05) is 13.2 Å². The second-order valence-corrected chi connectivity index (χ2v) is 6.58. The van der Waals surface area contributed by atoms with Gasteiger partial charge in [-0.15, -0.1) is 0 Å². The highest BCUT2D eigenvalue weighted by molar-refractivity contribution is 6.32. The summed E-state index contributed by atoms with van der Waals surface area (Å²) in [6, 6.07) is 7.94. The van der Waals surface area contributed by atoms with E-state index in [9.17, 15) is 0 Å². The molecule has 1 saturated heterocycles. The number of hydrogen-bond donors (Lipinski definition) is 1. The number of benzene rings is 1. The minimum absolute atomic E-state index is 0.431. The summed E-state index contributed by atoms with van der Waals surface area (Å²) in [5.41, 5.74) is 4.65. The van der Waals surface area contributed by atoms with E-state index < -0.39 is 5.79 Å². The van der Waals surface area contributed by atoms with E-state index >= 15 is 0 Å². The van der Waals surface area contributed by atoms with Gasteiger partial charge in [-0.1, -0.05) is 48.4 Å². The maximum atomic E-state index is 6.38. The summed E-state index contributed by atoms with van der Waals surface area (Å²) in [7, 11) is 0. The molecule has 4 heteroatoms. The van der Waals surface area contributed by atoms with Gasteiger partial charge in [0.2, 0.25) is 0 Å². The summed E-state index contributed by atoms with van der Waals surface area (Å²) in [4.78, 5) is 0. The van der Waals surface area contributed by atoms with Crippen LogP contribution in [0.1, 0.15) is 45.1 Å². The third kappa shape index (κ3) is 3.63. The molecular formula is C19H24ClNO2. The van der Waals surface area contributed by atoms with Gasteiger partial charge in [0.05, 0.1) is 13.2 Å². The number of halogens is 1. The number of ether oxygens (including phenoxy) is 2. The first-order valence-corrected chi connectivity index (χ1v) is 8.70. The van der Waals surface area contributed by atoms with Crippen molar-refractivity contribution in [3.63, 3.8) is 0 Å². The van der Waals surface area contributed by atoms with Crippen molar-refractivity contribution in [2.24, 2.45) is 0 Å². The fourth-order valence-electron chi connectivity index (χ4n) is 3.21. The van der Waals surface area contributed by atoms with E-state index in [0.717, 1.165) is 42.0 Å². The summed E-state index contributed by atoms with van der Waals surface area (Å²) >= 11 is 6.38. The van der Waals surface area contributed by atoms with Crippen molar-refractivity contribution < 1.29 is 9.47 Å². The van der Waals surface area contributed by atoms with Crippen LogP contribution in [-0.2, 0) is 9.47 Å². The van der Waals surface area contributed by atoms with Crippen LogP contribution in [0.3, 0.4) is 0 Å². The van der Waals surface area contributed by atoms with E-state index in [1.165, 1.54) is 11.3 Å². The lowest BCUT2D eigenvalue weighted by Gasteiger charge is -2.34. The van der Waals surface area contributed by atoms with E-state index in [1.807, 2.05) is 24.3 Å². The molecule has 3 rings (SSSR count). The zero-order valence-corrected chi connectivity index (χ0v) is 14.6. The summed E-state index contributed by atoms with van der Waals surface area (Å²) in [6.07, 6.45) is 5.81. The smallest absolute Gasteiger partial charge is 0.174 e. The van der Waals surface area contributed by atoms with Gasteiger partial charge in [0, 0.05) is 34.8 Å². The highest BCUT2D eigenvalue weighted by Gasteiger charge is 2.40. The Morgan fingerprint density at radius 3 is 2.74 bits per heavy atom. The van der Waals surface area contributed by atoms with Crippen LogP contribution in [0.15, 0.2) is 41.6 Å². The molecule has 1 aromatic rings. The van der Waals surface area contributed by atoms with Crippen LogP contribution >= 0.6 is 11.6 Å². The predicted molar refractivity (Wildman–Crippen MR) is 94.0 cm³/mol. The molecule has 1 aliphatic heterocycles. The van der Waals surface area contributed by atoms with Gasteiger partial charge in [-0.25, -0.2) is 0 Å². The van der Waals surface area contributed by atoms with E-state index in [1.54, 1.807) is 0 Å². The van der Waals surface area contributed by atoms with Crippen molar-refractivity contribution in [3.8, 4) is 0 Å². The fraction of sp³-hybridized carbons (Fsp3) is 0.474. The molecule has 0 unspecified atom stereocenters. The zero-order valence-electron chi connectivity index (χ0n) is 13.8. The quantitative estimate of drug-likeness (QED) is 0.851. The molecule has 1 aromatic carbocycles. The molecule has 1 aliphatic carbocycles. The SMILES string of the molecule is CC/C=C(/NC1=C(C)CCC2(C1)OCCO2)c1ccccc1Cl. The van der Waals surface area contributed by atoms with Crippen molar-refractivity contribution in [2.45, 2.75) is 45.3 Å². The normalized spacial score (nSPS) is 21.1. The fourth-order valence-corrected chi connectivity index (χ4v) is 3.44. The van der Waals surface area contributed by atoms with Gasteiger partial charge in [-0.3, -0.25) is 0 Å². The van der Waals surface area contributed by atoms with Gasteiger partial charge in [-0.2, -0.15) is 0 Å². The maximum Gasteiger partial charge on any atom is 0.174 e. The lowest BCUT2D eigenvalue weighted by molar-refractivity contribution is -0.164. The Balaban J connectivity index is 1.85. The van der Waals surface area contributed by atoms with Gasteiger partial charge in [0.1, 0.15) is 0 Å². The topological polar surface area (TPSA) is 30.5 Å². The Labute approximate surface area is 143 Å². The molecule has 0 saturated carbocycles. The molecule has 3 nitrogen and oxygen atoms in total. The monoisotopic (exact) mass is 333 g/mol. The largest absolute Gasteiger partial charge is 0.359 e. The molecule has 0 atom stereocenters. The summed E-state index contributed by atoms with van der Waals surface area (Å²) in [5.74, 6) is -0.431. The van der Waals surface area contributed by atoms with Crippen LogP contribution in [0.5, 0.6) is 0 Å². The first kappa shape index (κ1) is 16.6. The summed E-state index contributed by atoms with van der Waals surface area (Å²) in [5, 5.41) is 4.37. The average Bonchev–Trinajstić information content (AvgIpc) is 2.99. The highest BCUT2D eigenvalue weighted by Crippen LogP contribution is 2.38. The Kier molecular flexibility index (Phi) is 5.10. The van der Waals surface area contributed by atoms with Crippen LogP contribution in [0, 0.1) is 0 Å². The molecule has 0 bridgehead atoms. The lowest BCUT2D eigenvalue weighted by atomic mass is 9.91. The molecule has 0 aromatic heterocycles. The first-order valence-electron chi connectivity index (χ1n) is 8.32. The summed E-state index contributed by atoms with van der Waals surface area (Å²) < 4.78 is 11.8. The Bertz CT molecular complexity index is 630. The molecule has 1 fully saturated rings. The van der Waals surface area contributed by atoms with Gasteiger partial charge in [0.15, 0.2) is 5.79 Å². The Morgan fingerprint density at radius 1 is 1.30 bits per heavy atom. The van der Waals surface area contributed by atoms with Gasteiger partial charge in [0.25, 0.3) is 0 Å². The molecule has 124 valence electrons. The standard InChI is InChI=1S/C19H24ClNO2/c1-3-6-17(15-7-4-5-8-16(15)20)21-18-13-19(10-9-14(18)2)22-11-12-23-19/h4-8,21H,3,9-13H2,1-2H3/b17-6+. The second-order valence-electron chi connectivity index (χ2n) is 6.17. The maximum absolute atomic E-state index is 6.38. The van der Waals surface area contributed by atoms with E-state index in [0.29, 0.717) is 13.2 Å². The summed E-state index contributed by atoms with van der Waals surface area (Å²) in [6.45, 7) is 5.69. The predicted octanol–water partition coefficient (Wildman–Crippen LogP) is 4.88. The number of hydrogen-bond acceptors (Lipinski definition) is 3. The number of nitrogens with one attached hydrogen (secondary N) is 1. The van der Waals surface area contributed by atoms with Crippen LogP contribution in [0.4, 0.5) is 0 Å². The minimum atomic E-state index is -0.431. The van der Waals surface area contributed by atoms with Crippen molar-refractivity contribution in [1.82, 2.24) is 5.32 Å². The van der Waals surface area contributed by atoms with Crippen molar-refractivity contribution >= 4 is 17.3 Å². The molecule has 2 aliphatic rings.